The van der Waals surface area contributed by atoms with Gasteiger partial charge in [-0.3, -0.25) is 10.1 Å². The average Bonchev–Trinajstić information content (AvgIpc) is 3.05. The van der Waals surface area contributed by atoms with Crippen LogP contribution in [0.15, 0.2) is 47.3 Å². The highest BCUT2D eigenvalue weighted by Crippen LogP contribution is 2.23. The number of carbonyl (C=O) groups excluding carboxylic acids is 1. The number of carbonyl (C=O) groups is 1. The first-order valence-corrected chi connectivity index (χ1v) is 9.75. The lowest BCUT2D eigenvalue weighted by atomic mass is 9.94. The number of H-pyrrole nitrogens is 2. The molecule has 2 atom stereocenters. The van der Waals surface area contributed by atoms with E-state index in [0.29, 0.717) is 22.6 Å². The van der Waals surface area contributed by atoms with Crippen molar-refractivity contribution >= 4 is 22.6 Å². The Labute approximate surface area is 164 Å². The standard InChI is InChI=1S/C22H28N4O2/c1-5-15-6-8-16(9-7-15)20(13(2)3)23-14(4)21(27)24-17-10-11-18-19(12-17)26-22(28)25-18/h6-14,20,23H,5H2,1-4H3,(H,24,27)(H2,25,26,28)/t14-,20+/m0/s1. The van der Waals surface area contributed by atoms with Gasteiger partial charge in [-0.25, -0.2) is 4.79 Å². The molecule has 0 unspecified atom stereocenters. The van der Waals surface area contributed by atoms with Gasteiger partial charge in [-0.1, -0.05) is 45.0 Å². The number of aromatic amines is 2. The third-order valence-electron chi connectivity index (χ3n) is 5.02. The van der Waals surface area contributed by atoms with Crippen LogP contribution in [0.25, 0.3) is 11.0 Å². The molecule has 0 spiro atoms. The Hall–Kier alpha value is -2.86. The predicted octanol–water partition coefficient (Wildman–Crippen LogP) is 3.73. The van der Waals surface area contributed by atoms with E-state index in [0.717, 1.165) is 6.42 Å². The highest BCUT2D eigenvalue weighted by molar-refractivity contribution is 5.96. The number of aromatic nitrogens is 2. The lowest BCUT2D eigenvalue weighted by Crippen LogP contribution is -2.41. The van der Waals surface area contributed by atoms with Gasteiger partial charge >= 0.3 is 5.69 Å². The van der Waals surface area contributed by atoms with Crippen molar-refractivity contribution in [1.82, 2.24) is 15.3 Å². The summed E-state index contributed by atoms with van der Waals surface area (Å²) in [5.41, 5.74) is 4.25. The van der Waals surface area contributed by atoms with E-state index in [9.17, 15) is 9.59 Å². The van der Waals surface area contributed by atoms with Crippen LogP contribution in [-0.4, -0.2) is 21.9 Å². The summed E-state index contributed by atoms with van der Waals surface area (Å²) in [5.74, 6) is 0.220. The first-order valence-electron chi connectivity index (χ1n) is 9.75. The zero-order valence-corrected chi connectivity index (χ0v) is 16.8. The Bertz CT molecular complexity index is 1000. The predicted molar refractivity (Wildman–Crippen MR) is 114 cm³/mol. The largest absolute Gasteiger partial charge is 0.325 e. The number of amides is 1. The summed E-state index contributed by atoms with van der Waals surface area (Å²) >= 11 is 0. The van der Waals surface area contributed by atoms with Gasteiger partial charge in [-0.2, -0.15) is 0 Å². The molecular weight excluding hydrogens is 352 g/mol. The normalized spacial score (nSPS) is 13.6. The van der Waals surface area contributed by atoms with Crippen LogP contribution < -0.4 is 16.3 Å². The van der Waals surface area contributed by atoms with Crippen LogP contribution >= 0.6 is 0 Å². The first kappa shape index (κ1) is 19.9. The van der Waals surface area contributed by atoms with Crippen molar-refractivity contribution < 1.29 is 4.79 Å². The molecule has 1 heterocycles. The lowest BCUT2D eigenvalue weighted by molar-refractivity contribution is -0.118. The topological polar surface area (TPSA) is 89.8 Å². The van der Waals surface area contributed by atoms with E-state index in [2.05, 4.69) is 65.6 Å². The van der Waals surface area contributed by atoms with E-state index in [-0.39, 0.29) is 23.7 Å². The third-order valence-corrected chi connectivity index (χ3v) is 5.02. The summed E-state index contributed by atoms with van der Waals surface area (Å²) in [6, 6.07) is 13.6. The van der Waals surface area contributed by atoms with Crippen molar-refractivity contribution in [2.45, 2.75) is 46.2 Å². The second-order valence-electron chi connectivity index (χ2n) is 7.53. The van der Waals surface area contributed by atoms with Crippen molar-refractivity contribution in [3.63, 3.8) is 0 Å². The quantitative estimate of drug-likeness (QED) is 0.503. The second kappa shape index (κ2) is 8.44. The van der Waals surface area contributed by atoms with Crippen molar-refractivity contribution in [3.8, 4) is 0 Å². The summed E-state index contributed by atoms with van der Waals surface area (Å²) in [4.78, 5) is 29.5. The van der Waals surface area contributed by atoms with E-state index in [4.69, 9.17) is 0 Å². The number of hydrogen-bond donors (Lipinski definition) is 4. The van der Waals surface area contributed by atoms with Crippen LogP contribution in [0, 0.1) is 5.92 Å². The molecule has 3 rings (SSSR count). The first-order chi connectivity index (χ1) is 13.4. The smallest absolute Gasteiger partial charge is 0.323 e. The summed E-state index contributed by atoms with van der Waals surface area (Å²) in [6.45, 7) is 8.29. The maximum Gasteiger partial charge on any atom is 0.323 e. The molecule has 28 heavy (non-hydrogen) atoms. The summed E-state index contributed by atoms with van der Waals surface area (Å²) in [5, 5.41) is 6.38. The molecule has 3 aromatic rings. The van der Waals surface area contributed by atoms with Gasteiger partial charge in [0.1, 0.15) is 0 Å². The van der Waals surface area contributed by atoms with E-state index >= 15 is 0 Å². The monoisotopic (exact) mass is 380 g/mol. The second-order valence-corrected chi connectivity index (χ2v) is 7.53. The molecule has 0 aliphatic heterocycles. The minimum atomic E-state index is -0.376. The molecule has 6 nitrogen and oxygen atoms in total. The Morgan fingerprint density at radius 2 is 1.68 bits per heavy atom. The van der Waals surface area contributed by atoms with Crippen molar-refractivity contribution in [1.29, 1.82) is 0 Å². The van der Waals surface area contributed by atoms with Crippen LogP contribution in [-0.2, 0) is 11.2 Å². The van der Waals surface area contributed by atoms with E-state index < -0.39 is 0 Å². The summed E-state index contributed by atoms with van der Waals surface area (Å²) in [7, 11) is 0. The van der Waals surface area contributed by atoms with Crippen molar-refractivity contribution in [3.05, 3.63) is 64.1 Å². The van der Waals surface area contributed by atoms with Crippen LogP contribution in [0.5, 0.6) is 0 Å². The molecule has 6 heteroatoms. The molecule has 0 radical (unpaired) electrons. The molecule has 0 bridgehead atoms. The van der Waals surface area contributed by atoms with Gasteiger partial charge in [-0.15, -0.1) is 0 Å². The number of anilines is 1. The van der Waals surface area contributed by atoms with Gasteiger partial charge < -0.3 is 15.3 Å². The molecule has 148 valence electrons. The molecule has 0 saturated carbocycles. The fourth-order valence-electron chi connectivity index (χ4n) is 3.34. The number of imidazole rings is 1. The fraction of sp³-hybridized carbons (Fsp3) is 0.364. The Morgan fingerprint density at radius 3 is 2.32 bits per heavy atom. The Morgan fingerprint density at radius 1 is 1.00 bits per heavy atom. The maximum atomic E-state index is 12.7. The molecule has 2 aromatic carbocycles. The SMILES string of the molecule is CCc1ccc([C@H](N[C@@H](C)C(=O)Nc2ccc3[nH]c(=O)[nH]c3c2)C(C)C)cc1. The van der Waals surface area contributed by atoms with Gasteiger partial charge in [0.2, 0.25) is 5.91 Å². The highest BCUT2D eigenvalue weighted by atomic mass is 16.2. The number of benzene rings is 2. The van der Waals surface area contributed by atoms with Crippen LogP contribution in [0.2, 0.25) is 0 Å². The Balaban J connectivity index is 1.70. The molecular formula is C22H28N4O2. The van der Waals surface area contributed by atoms with Gasteiger partial charge in [0, 0.05) is 11.7 Å². The minimum Gasteiger partial charge on any atom is -0.325 e. The zero-order chi connectivity index (χ0) is 20.3. The number of fused-ring (bicyclic) bond motifs is 1. The molecule has 0 aliphatic carbocycles. The van der Waals surface area contributed by atoms with E-state index in [1.165, 1.54) is 11.1 Å². The average molecular weight is 380 g/mol. The minimum absolute atomic E-state index is 0.0789. The molecule has 4 N–H and O–H groups in total. The van der Waals surface area contributed by atoms with Crippen molar-refractivity contribution in [2.24, 2.45) is 5.92 Å². The van der Waals surface area contributed by atoms with Crippen molar-refractivity contribution in [2.75, 3.05) is 5.32 Å². The highest BCUT2D eigenvalue weighted by Gasteiger charge is 2.22. The van der Waals surface area contributed by atoms with Gasteiger partial charge in [-0.05, 0) is 48.6 Å². The van der Waals surface area contributed by atoms with Crippen LogP contribution in [0.3, 0.4) is 0 Å². The number of rotatable bonds is 7. The maximum absolute atomic E-state index is 12.7. The number of nitrogens with one attached hydrogen (secondary N) is 4. The fourth-order valence-corrected chi connectivity index (χ4v) is 3.34. The molecule has 0 aliphatic rings. The number of hydrogen-bond acceptors (Lipinski definition) is 3. The molecule has 0 saturated heterocycles. The molecule has 0 fully saturated rings. The molecule has 1 amide bonds. The molecule has 1 aromatic heterocycles. The van der Waals surface area contributed by atoms with E-state index in [1.54, 1.807) is 18.2 Å². The lowest BCUT2D eigenvalue weighted by Gasteiger charge is -2.26. The summed E-state index contributed by atoms with van der Waals surface area (Å²) < 4.78 is 0. The van der Waals surface area contributed by atoms with Gasteiger partial charge in [0.25, 0.3) is 0 Å². The third kappa shape index (κ3) is 4.51. The summed E-state index contributed by atoms with van der Waals surface area (Å²) in [6.07, 6.45) is 1.01. The zero-order valence-electron chi connectivity index (χ0n) is 16.8. The van der Waals surface area contributed by atoms with Crippen LogP contribution in [0.1, 0.15) is 44.9 Å². The number of aryl methyl sites for hydroxylation is 1. The van der Waals surface area contributed by atoms with Gasteiger partial charge in [0.05, 0.1) is 17.1 Å². The van der Waals surface area contributed by atoms with Crippen LogP contribution in [0.4, 0.5) is 5.69 Å². The Kier molecular flexibility index (Phi) is 5.99. The van der Waals surface area contributed by atoms with E-state index in [1.807, 2.05) is 6.92 Å². The van der Waals surface area contributed by atoms with Gasteiger partial charge in [0.15, 0.2) is 0 Å².